The van der Waals surface area contributed by atoms with E-state index in [4.69, 9.17) is 9.47 Å². The number of fused-ring (bicyclic) bond motifs is 5. The summed E-state index contributed by atoms with van der Waals surface area (Å²) in [5.41, 5.74) is 3.06. The van der Waals surface area contributed by atoms with E-state index in [1.807, 2.05) is 36.5 Å². The molecule has 0 amide bonds. The van der Waals surface area contributed by atoms with Gasteiger partial charge in [-0.2, -0.15) is 0 Å². The van der Waals surface area contributed by atoms with E-state index in [-0.39, 0.29) is 12.0 Å². The summed E-state index contributed by atoms with van der Waals surface area (Å²) in [7, 11) is 0. The van der Waals surface area contributed by atoms with E-state index in [0.29, 0.717) is 56.4 Å². The molecule has 6 atom stereocenters. The van der Waals surface area contributed by atoms with Crippen LogP contribution in [0.4, 0.5) is 0 Å². The van der Waals surface area contributed by atoms with Crippen LogP contribution >= 0.6 is 0 Å². The Morgan fingerprint density at radius 3 is 2.69 bits per heavy atom. The average Bonchev–Trinajstić information content (AvgIpc) is 3.19. The molecule has 7 nitrogen and oxygen atoms in total. The third-order valence-electron chi connectivity index (χ3n) is 10.1. The van der Waals surface area contributed by atoms with E-state index in [1.165, 1.54) is 11.1 Å². The Bertz CT molecular complexity index is 1070. The summed E-state index contributed by atoms with van der Waals surface area (Å²) in [5.74, 6) is 1.72. The molecule has 3 aliphatic carbocycles. The lowest BCUT2D eigenvalue weighted by Crippen LogP contribution is -2.46. The third-order valence-corrected chi connectivity index (χ3v) is 10.1. The summed E-state index contributed by atoms with van der Waals surface area (Å²) < 4.78 is 11.6. The number of pyridine rings is 1. The molecule has 39 heavy (non-hydrogen) atoms. The number of aromatic hydroxyl groups is 1. The van der Waals surface area contributed by atoms with Crippen LogP contribution in [0.15, 0.2) is 42.6 Å². The Hall–Kier alpha value is -2.03. The molecule has 4 N–H and O–H groups in total. The number of aryl methyl sites for hydroxylation is 1. The van der Waals surface area contributed by atoms with Crippen LogP contribution in [0.1, 0.15) is 61.8 Å². The molecule has 1 aromatic heterocycles. The van der Waals surface area contributed by atoms with Crippen molar-refractivity contribution in [1.29, 1.82) is 0 Å². The van der Waals surface area contributed by atoms with Crippen LogP contribution in [0.3, 0.4) is 0 Å². The molecule has 1 heterocycles. The highest BCUT2D eigenvalue weighted by atomic mass is 16.5. The van der Waals surface area contributed by atoms with Gasteiger partial charge in [-0.3, -0.25) is 4.98 Å². The molecule has 0 aliphatic heterocycles. The molecule has 3 aliphatic rings. The predicted molar refractivity (Wildman–Crippen MR) is 151 cm³/mol. The van der Waals surface area contributed by atoms with Gasteiger partial charge in [-0.25, -0.2) is 0 Å². The highest BCUT2D eigenvalue weighted by Gasteiger charge is 2.63. The molecule has 1 aromatic carbocycles. The molecular weight excluding hydrogens is 492 g/mol. The monoisotopic (exact) mass is 538 g/mol. The number of benzene rings is 1. The molecule has 5 rings (SSSR count). The van der Waals surface area contributed by atoms with Crippen LogP contribution in [0.2, 0.25) is 0 Å². The maximum Gasteiger partial charge on any atom is 0.115 e. The summed E-state index contributed by atoms with van der Waals surface area (Å²) in [4.78, 5) is 4.33. The topological polar surface area (TPSA) is 104 Å². The van der Waals surface area contributed by atoms with E-state index in [2.05, 4.69) is 23.3 Å². The Labute approximate surface area is 233 Å². The average molecular weight is 539 g/mol. The maximum absolute atomic E-state index is 11.6. The molecule has 2 saturated carbocycles. The molecule has 0 unspecified atom stereocenters. The number of rotatable bonds is 13. The van der Waals surface area contributed by atoms with Gasteiger partial charge in [-0.05, 0) is 97.1 Å². The fourth-order valence-corrected chi connectivity index (χ4v) is 7.99. The third kappa shape index (κ3) is 6.03. The van der Waals surface area contributed by atoms with Gasteiger partial charge < -0.3 is 30.1 Å². The van der Waals surface area contributed by atoms with Gasteiger partial charge in [0, 0.05) is 43.4 Å². The van der Waals surface area contributed by atoms with Crippen molar-refractivity contribution < 1.29 is 24.8 Å². The first-order valence-corrected chi connectivity index (χ1v) is 14.8. The molecule has 0 saturated heterocycles. The number of hydrogen-bond donors (Lipinski definition) is 4. The fraction of sp³-hybridized carbons (Fsp3) is 0.656. The van der Waals surface area contributed by atoms with Crippen molar-refractivity contribution >= 4 is 0 Å². The summed E-state index contributed by atoms with van der Waals surface area (Å²) >= 11 is 0. The normalized spacial score (nSPS) is 31.5. The van der Waals surface area contributed by atoms with Crippen LogP contribution in [0.5, 0.6) is 5.75 Å². The Kier molecular flexibility index (Phi) is 9.24. The predicted octanol–water partition coefficient (Wildman–Crippen LogP) is 3.85. The highest BCUT2D eigenvalue weighted by Crippen LogP contribution is 2.66. The van der Waals surface area contributed by atoms with Crippen molar-refractivity contribution in [2.75, 3.05) is 46.1 Å². The van der Waals surface area contributed by atoms with E-state index in [1.54, 1.807) is 0 Å². The lowest BCUT2D eigenvalue weighted by atomic mass is 9.55. The van der Waals surface area contributed by atoms with Gasteiger partial charge in [0.1, 0.15) is 5.75 Å². The quantitative estimate of drug-likeness (QED) is 0.287. The zero-order valence-corrected chi connectivity index (χ0v) is 23.4. The van der Waals surface area contributed by atoms with E-state index < -0.39 is 11.5 Å². The van der Waals surface area contributed by atoms with Crippen LogP contribution in [-0.2, 0) is 22.3 Å². The van der Waals surface area contributed by atoms with Gasteiger partial charge >= 0.3 is 0 Å². The Morgan fingerprint density at radius 1 is 1.05 bits per heavy atom. The smallest absolute Gasteiger partial charge is 0.115 e. The minimum atomic E-state index is -0.529. The SMILES string of the molecule is C[C@]12CC[C@@H]3c4ccc(O)cc4CC[C@H]3[C@@H]1C[C@@](CO)(CCOCCOCCNCCc1ccccn1)[C@@H]2O. The molecule has 214 valence electrons. The number of aromatic nitrogens is 1. The van der Waals surface area contributed by atoms with Crippen LogP contribution < -0.4 is 5.32 Å². The molecular formula is C32H46N2O5. The lowest BCUT2D eigenvalue weighted by Gasteiger charge is -2.50. The summed E-state index contributed by atoms with van der Waals surface area (Å²) in [6.07, 6.45) is 7.78. The fourth-order valence-electron chi connectivity index (χ4n) is 7.99. The maximum atomic E-state index is 11.6. The van der Waals surface area contributed by atoms with Crippen molar-refractivity contribution in [3.63, 3.8) is 0 Å². The van der Waals surface area contributed by atoms with Gasteiger partial charge in [0.2, 0.25) is 0 Å². The Morgan fingerprint density at radius 2 is 1.90 bits per heavy atom. The number of phenols is 1. The number of aliphatic hydroxyl groups is 2. The largest absolute Gasteiger partial charge is 0.508 e. The highest BCUT2D eigenvalue weighted by molar-refractivity contribution is 5.40. The summed E-state index contributed by atoms with van der Waals surface area (Å²) in [6.45, 7) is 6.11. The van der Waals surface area contributed by atoms with Crippen LogP contribution in [-0.4, -0.2) is 72.5 Å². The molecule has 0 spiro atoms. The van der Waals surface area contributed by atoms with Gasteiger partial charge in [0.25, 0.3) is 0 Å². The minimum Gasteiger partial charge on any atom is -0.508 e. The van der Waals surface area contributed by atoms with E-state index >= 15 is 0 Å². The van der Waals surface area contributed by atoms with Gasteiger partial charge in [0.05, 0.1) is 32.5 Å². The first-order valence-electron chi connectivity index (χ1n) is 14.8. The first-order chi connectivity index (χ1) is 19.0. The minimum absolute atomic E-state index is 0.00780. The number of nitrogens with one attached hydrogen (secondary N) is 1. The van der Waals surface area contributed by atoms with E-state index in [0.717, 1.165) is 57.3 Å². The van der Waals surface area contributed by atoms with E-state index in [9.17, 15) is 15.3 Å². The Balaban J connectivity index is 1.05. The van der Waals surface area contributed by atoms with Gasteiger partial charge in [-0.1, -0.05) is 19.1 Å². The second kappa shape index (κ2) is 12.6. The first kappa shape index (κ1) is 28.5. The standard InChI is InChI=1S/C32H46N2O5/c1-31-11-9-27-26-8-6-25(36)20-23(26)5-7-28(27)29(31)21-32(22-35,30(31)37)12-16-38-18-19-39-17-15-33-14-10-24-4-2-3-13-34-24/h2-4,6,8,13,20,27-30,33,35-37H,5,7,9-12,14-19,21-22H2,1H3/t27-,28-,29+,30-,31+,32-/m1/s1. The molecule has 0 bridgehead atoms. The zero-order valence-electron chi connectivity index (χ0n) is 23.4. The second-order valence-electron chi connectivity index (χ2n) is 12.3. The molecule has 2 aromatic rings. The van der Waals surface area contributed by atoms with Crippen molar-refractivity contribution in [2.24, 2.45) is 22.7 Å². The van der Waals surface area contributed by atoms with Gasteiger partial charge in [0.15, 0.2) is 0 Å². The number of hydrogen-bond acceptors (Lipinski definition) is 7. The number of phenolic OH excluding ortho intramolecular Hbond substituents is 1. The number of ether oxygens (including phenoxy) is 2. The van der Waals surface area contributed by atoms with Crippen LogP contribution in [0, 0.1) is 22.7 Å². The second-order valence-corrected chi connectivity index (χ2v) is 12.3. The summed E-state index contributed by atoms with van der Waals surface area (Å²) in [6, 6.07) is 11.8. The molecule has 2 fully saturated rings. The number of nitrogens with zero attached hydrogens (tertiary/aromatic N) is 1. The summed E-state index contributed by atoms with van der Waals surface area (Å²) in [5, 5.41) is 35.5. The number of aliphatic hydroxyl groups excluding tert-OH is 2. The van der Waals surface area contributed by atoms with Crippen molar-refractivity contribution in [2.45, 2.75) is 63.9 Å². The molecule has 0 radical (unpaired) electrons. The van der Waals surface area contributed by atoms with Crippen molar-refractivity contribution in [3.05, 3.63) is 59.4 Å². The van der Waals surface area contributed by atoms with Gasteiger partial charge in [-0.15, -0.1) is 0 Å². The molecule has 7 heteroatoms. The lowest BCUT2D eigenvalue weighted by molar-refractivity contribution is -0.0789. The van der Waals surface area contributed by atoms with Crippen molar-refractivity contribution in [3.8, 4) is 5.75 Å². The van der Waals surface area contributed by atoms with Crippen molar-refractivity contribution in [1.82, 2.24) is 10.3 Å². The zero-order chi connectivity index (χ0) is 27.3. The van der Waals surface area contributed by atoms with Crippen LogP contribution in [0.25, 0.3) is 0 Å².